The first-order valence-corrected chi connectivity index (χ1v) is 10.2. The van der Waals surface area contributed by atoms with Crippen LogP contribution in [0, 0.1) is 5.82 Å². The highest BCUT2D eigenvalue weighted by Crippen LogP contribution is 2.31. The number of carbonyl (C=O) groups excluding carboxylic acids is 2. The summed E-state index contributed by atoms with van der Waals surface area (Å²) in [6, 6.07) is 16.0. The van der Waals surface area contributed by atoms with Crippen molar-refractivity contribution < 1.29 is 23.5 Å². The Balaban J connectivity index is 1.55. The zero-order valence-electron chi connectivity index (χ0n) is 17.9. The molecule has 1 aliphatic rings. The Kier molecular flexibility index (Phi) is 6.07. The molecule has 4 rings (SSSR count). The number of benzene rings is 3. The Labute approximate surface area is 185 Å². The lowest BCUT2D eigenvalue weighted by atomic mass is 9.98. The average Bonchev–Trinajstić information content (AvgIpc) is 2.83. The van der Waals surface area contributed by atoms with Gasteiger partial charge in [-0.3, -0.25) is 9.59 Å². The number of hydrogen-bond acceptors (Lipinski definition) is 4. The molecule has 0 saturated carbocycles. The molecule has 0 unspecified atom stereocenters. The first kappa shape index (κ1) is 21.4. The second kappa shape index (κ2) is 9.09. The monoisotopic (exact) mass is 434 g/mol. The molecule has 0 atom stereocenters. The minimum atomic E-state index is -0.384. The molecule has 3 aromatic carbocycles. The van der Waals surface area contributed by atoms with E-state index in [4.69, 9.17) is 9.47 Å². The normalized spacial score (nSPS) is 12.7. The molecule has 0 bridgehead atoms. The number of ether oxygens (including phenoxy) is 2. The molecular weight excluding hydrogens is 411 g/mol. The van der Waals surface area contributed by atoms with E-state index >= 15 is 0 Å². The maximum atomic E-state index is 13.2. The molecule has 1 heterocycles. The highest BCUT2D eigenvalue weighted by molar-refractivity contribution is 6.08. The fourth-order valence-corrected chi connectivity index (χ4v) is 3.81. The number of anilines is 2. The molecular formula is C25H23FN2O4. The molecule has 1 N–H and O–H groups in total. The summed E-state index contributed by atoms with van der Waals surface area (Å²) in [5.41, 5.74) is 3.20. The van der Waals surface area contributed by atoms with Crippen LogP contribution in [0.4, 0.5) is 15.8 Å². The van der Waals surface area contributed by atoms with Gasteiger partial charge in [0.2, 0.25) is 0 Å². The molecule has 3 aromatic rings. The van der Waals surface area contributed by atoms with Crippen molar-refractivity contribution in [3.8, 4) is 11.5 Å². The fourth-order valence-electron chi connectivity index (χ4n) is 3.81. The number of fused-ring (bicyclic) bond motifs is 1. The number of carbonyl (C=O) groups is 2. The summed E-state index contributed by atoms with van der Waals surface area (Å²) in [5.74, 6) is 0.261. The SMILES string of the molecule is COc1ccc(NC(=O)c2ccc3c(c2)CCCN3C(=O)c2ccc(F)cc2)cc1OC. The van der Waals surface area contributed by atoms with Gasteiger partial charge in [-0.05, 0) is 73.0 Å². The molecule has 7 heteroatoms. The van der Waals surface area contributed by atoms with Gasteiger partial charge in [0.25, 0.3) is 11.8 Å². The molecule has 164 valence electrons. The number of aryl methyl sites for hydroxylation is 1. The Hall–Kier alpha value is -3.87. The van der Waals surface area contributed by atoms with E-state index in [0.29, 0.717) is 34.9 Å². The lowest BCUT2D eigenvalue weighted by molar-refractivity contribution is 0.0984. The van der Waals surface area contributed by atoms with E-state index in [1.54, 1.807) is 42.3 Å². The quantitative estimate of drug-likeness (QED) is 0.633. The minimum absolute atomic E-state index is 0.187. The van der Waals surface area contributed by atoms with Gasteiger partial charge in [0, 0.05) is 35.1 Å². The van der Waals surface area contributed by atoms with Crippen LogP contribution in [0.2, 0.25) is 0 Å². The summed E-state index contributed by atoms with van der Waals surface area (Å²) in [6.07, 6.45) is 1.54. The Bertz CT molecular complexity index is 1160. The van der Waals surface area contributed by atoms with E-state index in [1.807, 2.05) is 6.07 Å². The zero-order chi connectivity index (χ0) is 22.7. The molecule has 0 radical (unpaired) electrons. The predicted octanol–water partition coefficient (Wildman–Crippen LogP) is 4.69. The maximum absolute atomic E-state index is 13.2. The first-order valence-electron chi connectivity index (χ1n) is 10.2. The molecule has 6 nitrogen and oxygen atoms in total. The summed E-state index contributed by atoms with van der Waals surface area (Å²) >= 11 is 0. The summed E-state index contributed by atoms with van der Waals surface area (Å²) < 4.78 is 23.7. The second-order valence-corrected chi connectivity index (χ2v) is 7.43. The molecule has 0 spiro atoms. The summed E-state index contributed by atoms with van der Waals surface area (Å²) in [7, 11) is 3.08. The van der Waals surface area contributed by atoms with Crippen molar-refractivity contribution >= 4 is 23.2 Å². The lowest BCUT2D eigenvalue weighted by Gasteiger charge is -2.30. The standard InChI is InChI=1S/C25H23FN2O4/c1-31-22-12-10-20(15-23(22)32-2)27-24(29)18-7-11-21-17(14-18)4-3-13-28(21)25(30)16-5-8-19(26)9-6-16/h5-12,14-15H,3-4,13H2,1-2H3,(H,27,29). The van der Waals surface area contributed by atoms with Gasteiger partial charge >= 0.3 is 0 Å². The third-order valence-corrected chi connectivity index (χ3v) is 5.44. The van der Waals surface area contributed by atoms with Crippen molar-refractivity contribution in [3.05, 3.63) is 83.2 Å². The van der Waals surface area contributed by atoms with Crippen LogP contribution in [0.5, 0.6) is 11.5 Å². The summed E-state index contributed by atoms with van der Waals surface area (Å²) in [6.45, 7) is 0.570. The van der Waals surface area contributed by atoms with Crippen LogP contribution in [0.1, 0.15) is 32.7 Å². The van der Waals surface area contributed by atoms with Crippen molar-refractivity contribution in [1.29, 1.82) is 0 Å². The lowest BCUT2D eigenvalue weighted by Crippen LogP contribution is -2.35. The number of methoxy groups -OCH3 is 2. The first-order chi connectivity index (χ1) is 15.5. The van der Waals surface area contributed by atoms with E-state index in [9.17, 15) is 14.0 Å². The Morgan fingerprint density at radius 1 is 0.906 bits per heavy atom. The highest BCUT2D eigenvalue weighted by Gasteiger charge is 2.24. The number of rotatable bonds is 5. The van der Waals surface area contributed by atoms with E-state index < -0.39 is 0 Å². The van der Waals surface area contributed by atoms with Gasteiger partial charge < -0.3 is 19.7 Å². The Morgan fingerprint density at radius 3 is 2.34 bits per heavy atom. The van der Waals surface area contributed by atoms with Crippen molar-refractivity contribution in [3.63, 3.8) is 0 Å². The number of nitrogens with one attached hydrogen (secondary N) is 1. The predicted molar refractivity (Wildman–Crippen MR) is 120 cm³/mol. The number of amides is 2. The summed E-state index contributed by atoms with van der Waals surface area (Å²) in [4.78, 5) is 27.5. The number of nitrogens with zero attached hydrogens (tertiary/aromatic N) is 1. The van der Waals surface area contributed by atoms with Crippen molar-refractivity contribution in [2.75, 3.05) is 31.0 Å². The van der Waals surface area contributed by atoms with Crippen LogP contribution in [-0.4, -0.2) is 32.6 Å². The van der Waals surface area contributed by atoms with Gasteiger partial charge in [0.15, 0.2) is 11.5 Å². The van der Waals surface area contributed by atoms with Gasteiger partial charge in [-0.15, -0.1) is 0 Å². The van der Waals surface area contributed by atoms with Crippen molar-refractivity contribution in [2.24, 2.45) is 0 Å². The van der Waals surface area contributed by atoms with Crippen LogP contribution < -0.4 is 19.7 Å². The highest BCUT2D eigenvalue weighted by atomic mass is 19.1. The third-order valence-electron chi connectivity index (χ3n) is 5.44. The van der Waals surface area contributed by atoms with E-state index in [1.165, 1.54) is 31.4 Å². The molecule has 1 aliphatic heterocycles. The van der Waals surface area contributed by atoms with Gasteiger partial charge in [0.05, 0.1) is 14.2 Å². The minimum Gasteiger partial charge on any atom is -0.493 e. The molecule has 0 fully saturated rings. The molecule has 32 heavy (non-hydrogen) atoms. The van der Waals surface area contributed by atoms with Gasteiger partial charge in [-0.1, -0.05) is 0 Å². The number of hydrogen-bond donors (Lipinski definition) is 1. The fraction of sp³-hybridized carbons (Fsp3) is 0.200. The third kappa shape index (κ3) is 4.27. The van der Waals surface area contributed by atoms with Crippen LogP contribution in [-0.2, 0) is 6.42 Å². The average molecular weight is 434 g/mol. The van der Waals surface area contributed by atoms with Crippen LogP contribution >= 0.6 is 0 Å². The molecule has 0 aliphatic carbocycles. The van der Waals surface area contributed by atoms with Crippen LogP contribution in [0.15, 0.2) is 60.7 Å². The maximum Gasteiger partial charge on any atom is 0.258 e. The molecule has 0 aromatic heterocycles. The smallest absolute Gasteiger partial charge is 0.258 e. The zero-order valence-corrected chi connectivity index (χ0v) is 17.9. The van der Waals surface area contributed by atoms with Gasteiger partial charge in [-0.25, -0.2) is 4.39 Å². The molecule has 2 amide bonds. The largest absolute Gasteiger partial charge is 0.493 e. The number of halogens is 1. The van der Waals surface area contributed by atoms with E-state index in [-0.39, 0.29) is 17.6 Å². The second-order valence-electron chi connectivity index (χ2n) is 7.43. The van der Waals surface area contributed by atoms with Crippen LogP contribution in [0.25, 0.3) is 0 Å². The van der Waals surface area contributed by atoms with Crippen molar-refractivity contribution in [2.45, 2.75) is 12.8 Å². The van der Waals surface area contributed by atoms with Gasteiger partial charge in [0.1, 0.15) is 5.82 Å². The van der Waals surface area contributed by atoms with Gasteiger partial charge in [-0.2, -0.15) is 0 Å². The van der Waals surface area contributed by atoms with E-state index in [0.717, 1.165) is 24.1 Å². The summed E-state index contributed by atoms with van der Waals surface area (Å²) in [5, 5.41) is 2.87. The Morgan fingerprint density at radius 2 is 1.62 bits per heavy atom. The topological polar surface area (TPSA) is 67.9 Å². The van der Waals surface area contributed by atoms with Crippen molar-refractivity contribution in [1.82, 2.24) is 0 Å². The van der Waals surface area contributed by atoms with E-state index in [2.05, 4.69) is 5.32 Å². The van der Waals surface area contributed by atoms with Crippen LogP contribution in [0.3, 0.4) is 0 Å². The molecule has 0 saturated heterocycles.